The molecule has 3 atom stereocenters. The zero-order chi connectivity index (χ0) is 22.7. The number of sulfonamides is 1. The number of halogens is 1. The monoisotopic (exact) mass is 460 g/mol. The fourth-order valence-corrected chi connectivity index (χ4v) is 5.75. The van der Waals surface area contributed by atoms with Gasteiger partial charge in [0.2, 0.25) is 10.0 Å². The Morgan fingerprint density at radius 1 is 1.31 bits per heavy atom. The fraction of sp³-hybridized carbons (Fsp3) is 0.625. The molecule has 8 heteroatoms. The Labute approximate surface area is 188 Å². The number of nitrogens with one attached hydrogen (secondary N) is 1. The second-order valence-corrected chi connectivity index (χ2v) is 12.0. The molecule has 2 saturated heterocycles. The van der Waals surface area contributed by atoms with Crippen molar-refractivity contribution in [3.8, 4) is 11.8 Å². The van der Waals surface area contributed by atoms with E-state index in [-0.39, 0.29) is 29.0 Å². The van der Waals surface area contributed by atoms with Gasteiger partial charge in [-0.25, -0.2) is 17.5 Å². The maximum absolute atomic E-state index is 15.4. The van der Waals surface area contributed by atoms with Crippen LogP contribution in [0.1, 0.15) is 50.2 Å². The number of nitrogens with zero attached hydrogens (tertiary/aromatic N) is 1. The van der Waals surface area contributed by atoms with Crippen molar-refractivity contribution in [2.24, 2.45) is 10.8 Å². The molecule has 4 fully saturated rings. The van der Waals surface area contributed by atoms with E-state index < -0.39 is 28.2 Å². The van der Waals surface area contributed by atoms with Crippen LogP contribution in [0.4, 0.5) is 4.39 Å². The highest BCUT2D eigenvalue weighted by Gasteiger charge is 2.61. The first kappa shape index (κ1) is 21.9. The van der Waals surface area contributed by atoms with Gasteiger partial charge in [-0.2, -0.15) is 0 Å². The number of rotatable bonds is 5. The molecule has 1 N–H and O–H groups in total. The topological polar surface area (TPSA) is 75.7 Å². The summed E-state index contributed by atoms with van der Waals surface area (Å²) in [5.74, 6) is 5.66. The van der Waals surface area contributed by atoms with Gasteiger partial charge in [0.25, 0.3) is 5.91 Å². The van der Waals surface area contributed by atoms with E-state index in [1.165, 1.54) is 0 Å². The number of amides is 1. The van der Waals surface area contributed by atoms with E-state index in [0.717, 1.165) is 31.9 Å². The Morgan fingerprint density at radius 2 is 2.03 bits per heavy atom. The highest BCUT2D eigenvalue weighted by atomic mass is 32.2. The first-order valence-electron chi connectivity index (χ1n) is 11.3. The molecule has 2 aliphatic carbocycles. The summed E-state index contributed by atoms with van der Waals surface area (Å²) in [7, 11) is -3.50. The highest BCUT2D eigenvalue weighted by Crippen LogP contribution is 2.56. The van der Waals surface area contributed by atoms with Crippen LogP contribution in [0.3, 0.4) is 0 Å². The number of ether oxygens (including phenoxy) is 1. The SMILES string of the molecule is CC1(C#Cc2cccc(CC3C(NS(C)(=O)=O)C4(CC4)CN3C(=O)[C@H]3CCO3)c2F)CC1. The number of carbonyl (C=O) groups excluding carboxylic acids is 1. The van der Waals surface area contributed by atoms with Gasteiger partial charge in [0, 0.05) is 29.8 Å². The molecule has 1 aromatic carbocycles. The Hall–Kier alpha value is -1.95. The highest BCUT2D eigenvalue weighted by molar-refractivity contribution is 7.88. The van der Waals surface area contributed by atoms with Gasteiger partial charge >= 0.3 is 0 Å². The quantitative estimate of drug-likeness (QED) is 0.684. The van der Waals surface area contributed by atoms with Crippen LogP contribution in [0.2, 0.25) is 0 Å². The van der Waals surface area contributed by atoms with Crippen LogP contribution in [0.5, 0.6) is 0 Å². The van der Waals surface area contributed by atoms with Gasteiger partial charge in [-0.05, 0) is 50.7 Å². The third-order valence-electron chi connectivity index (χ3n) is 7.43. The molecule has 1 aromatic rings. The van der Waals surface area contributed by atoms with E-state index in [9.17, 15) is 13.2 Å². The molecule has 2 unspecified atom stereocenters. The average Bonchev–Trinajstić information content (AvgIpc) is 3.58. The van der Waals surface area contributed by atoms with Gasteiger partial charge in [0.05, 0.1) is 24.5 Å². The molecule has 0 bridgehead atoms. The van der Waals surface area contributed by atoms with Crippen LogP contribution in [-0.2, 0) is 26.0 Å². The zero-order valence-electron chi connectivity index (χ0n) is 18.5. The lowest BCUT2D eigenvalue weighted by molar-refractivity contribution is -0.157. The van der Waals surface area contributed by atoms with Crippen molar-refractivity contribution in [1.29, 1.82) is 0 Å². The van der Waals surface area contributed by atoms with Crippen LogP contribution < -0.4 is 4.72 Å². The van der Waals surface area contributed by atoms with Crippen LogP contribution in [0, 0.1) is 28.5 Å². The third-order valence-corrected chi connectivity index (χ3v) is 8.11. The molecule has 4 aliphatic rings. The smallest absolute Gasteiger partial charge is 0.252 e. The third kappa shape index (κ3) is 4.18. The summed E-state index contributed by atoms with van der Waals surface area (Å²) in [5, 5.41) is 0. The maximum Gasteiger partial charge on any atom is 0.252 e. The number of carbonyl (C=O) groups is 1. The summed E-state index contributed by atoms with van der Waals surface area (Å²) in [6, 6.07) is 4.24. The van der Waals surface area contributed by atoms with Crippen LogP contribution in [0.15, 0.2) is 18.2 Å². The minimum atomic E-state index is -3.50. The molecule has 6 nitrogen and oxygen atoms in total. The minimum absolute atomic E-state index is 0.0112. The first-order chi connectivity index (χ1) is 15.1. The summed E-state index contributed by atoms with van der Waals surface area (Å²) in [4.78, 5) is 14.9. The summed E-state index contributed by atoms with van der Waals surface area (Å²) in [6.45, 7) is 3.10. The largest absolute Gasteiger partial charge is 0.368 e. The lowest BCUT2D eigenvalue weighted by Gasteiger charge is -2.34. The molecular formula is C24H29FN2O4S. The predicted molar refractivity (Wildman–Crippen MR) is 118 cm³/mol. The molecule has 0 radical (unpaired) electrons. The zero-order valence-corrected chi connectivity index (χ0v) is 19.3. The van der Waals surface area contributed by atoms with Crippen molar-refractivity contribution in [1.82, 2.24) is 9.62 Å². The Bertz CT molecular complexity index is 1110. The number of likely N-dealkylation sites (tertiary alicyclic amines) is 1. The van der Waals surface area contributed by atoms with E-state index in [1.54, 1.807) is 23.1 Å². The van der Waals surface area contributed by atoms with Crippen molar-refractivity contribution in [2.45, 2.75) is 63.6 Å². The van der Waals surface area contributed by atoms with Gasteiger partial charge in [-0.15, -0.1) is 0 Å². The number of hydrogen-bond acceptors (Lipinski definition) is 4. The van der Waals surface area contributed by atoms with Crippen LogP contribution in [-0.4, -0.2) is 56.8 Å². The van der Waals surface area contributed by atoms with E-state index in [4.69, 9.17) is 4.74 Å². The lowest BCUT2D eigenvalue weighted by atomic mass is 9.92. The molecule has 0 aromatic heterocycles. The van der Waals surface area contributed by atoms with Crippen molar-refractivity contribution < 1.29 is 22.3 Å². The predicted octanol–water partition coefficient (Wildman–Crippen LogP) is 2.22. The van der Waals surface area contributed by atoms with Crippen molar-refractivity contribution in [3.63, 3.8) is 0 Å². The standard InChI is InChI=1S/C24H29FN2O4S/c1-23(9-10-23)8-6-16-4-3-5-17(20(16)25)14-18-21(26-32(2,29)30)24(11-12-24)15-27(18)22(28)19-7-13-31-19/h3-5,18-19,21,26H,7,9-15H2,1-2H3/t18?,19-,21?/m1/s1. The fourth-order valence-electron chi connectivity index (χ4n) is 4.88. The molecule has 172 valence electrons. The molecule has 5 rings (SSSR count). The van der Waals surface area contributed by atoms with E-state index in [1.807, 2.05) is 0 Å². The number of benzene rings is 1. The Kier molecular flexibility index (Phi) is 5.16. The van der Waals surface area contributed by atoms with Crippen molar-refractivity contribution in [2.75, 3.05) is 19.4 Å². The molecule has 2 heterocycles. The van der Waals surface area contributed by atoms with Gasteiger partial charge in [0.1, 0.15) is 11.9 Å². The summed E-state index contributed by atoms with van der Waals surface area (Å²) >= 11 is 0. The average molecular weight is 461 g/mol. The van der Waals surface area contributed by atoms with E-state index in [2.05, 4.69) is 23.5 Å². The molecule has 32 heavy (non-hydrogen) atoms. The summed E-state index contributed by atoms with van der Waals surface area (Å²) < 4.78 is 47.9. The van der Waals surface area contributed by atoms with Crippen molar-refractivity contribution in [3.05, 3.63) is 35.1 Å². The Morgan fingerprint density at radius 3 is 2.59 bits per heavy atom. The Balaban J connectivity index is 1.46. The second kappa shape index (κ2) is 7.54. The van der Waals surface area contributed by atoms with Gasteiger partial charge in [-0.1, -0.05) is 24.0 Å². The second-order valence-electron chi connectivity index (χ2n) is 10.2. The summed E-state index contributed by atoms with van der Waals surface area (Å²) in [6.07, 6.45) is 5.30. The van der Waals surface area contributed by atoms with E-state index in [0.29, 0.717) is 30.7 Å². The van der Waals surface area contributed by atoms with Crippen LogP contribution in [0.25, 0.3) is 0 Å². The van der Waals surface area contributed by atoms with Crippen LogP contribution >= 0.6 is 0 Å². The van der Waals surface area contributed by atoms with Gasteiger partial charge in [0.15, 0.2) is 0 Å². The molecular weight excluding hydrogens is 431 g/mol. The molecule has 1 spiro atoms. The normalized spacial score (nSPS) is 29.2. The number of hydrogen-bond donors (Lipinski definition) is 1. The molecule has 2 saturated carbocycles. The maximum atomic E-state index is 15.4. The molecule has 1 amide bonds. The minimum Gasteiger partial charge on any atom is -0.368 e. The van der Waals surface area contributed by atoms with Crippen molar-refractivity contribution >= 4 is 15.9 Å². The lowest BCUT2D eigenvalue weighted by Crippen LogP contribution is -2.53. The van der Waals surface area contributed by atoms with Gasteiger partial charge in [-0.3, -0.25) is 4.79 Å². The molecule has 2 aliphatic heterocycles. The summed E-state index contributed by atoms with van der Waals surface area (Å²) in [5.41, 5.74) is 0.514. The van der Waals surface area contributed by atoms with E-state index >= 15 is 4.39 Å². The first-order valence-corrected chi connectivity index (χ1v) is 13.2. The van der Waals surface area contributed by atoms with Gasteiger partial charge < -0.3 is 9.64 Å².